The fourth-order valence-corrected chi connectivity index (χ4v) is 3.59. The lowest BCUT2D eigenvalue weighted by Gasteiger charge is -1.98. The van der Waals surface area contributed by atoms with E-state index in [4.69, 9.17) is 10.2 Å². The van der Waals surface area contributed by atoms with Gasteiger partial charge in [-0.3, -0.25) is 4.79 Å². The van der Waals surface area contributed by atoms with Crippen molar-refractivity contribution >= 4 is 39.1 Å². The minimum absolute atomic E-state index is 0.438. The van der Waals surface area contributed by atoms with Crippen LogP contribution in [0.4, 0.5) is 0 Å². The van der Waals surface area contributed by atoms with E-state index in [9.17, 15) is 10.1 Å². The molecule has 2 N–H and O–H groups in total. The highest BCUT2D eigenvalue weighted by Crippen LogP contribution is 2.29. The number of amides is 1. The number of allylic oxidation sites excluding steroid dienone is 1. The first-order valence-corrected chi connectivity index (χ1v) is 8.93. The molecule has 6 heteroatoms. The van der Waals surface area contributed by atoms with Crippen molar-refractivity contribution in [2.75, 3.05) is 0 Å². The molecule has 0 radical (unpaired) electrons. The van der Waals surface area contributed by atoms with Crippen molar-refractivity contribution in [2.45, 2.75) is 0 Å². The van der Waals surface area contributed by atoms with E-state index in [0.29, 0.717) is 27.7 Å². The number of hydrogen-bond acceptors (Lipinski definition) is 5. The molecule has 2 aromatic carbocycles. The van der Waals surface area contributed by atoms with E-state index in [1.807, 2.05) is 30.3 Å². The third-order valence-corrected chi connectivity index (χ3v) is 5.08. The molecular weight excluding hydrogens is 358 g/mol. The predicted octanol–water partition coefficient (Wildman–Crippen LogP) is 4.72. The maximum absolute atomic E-state index is 11.2. The summed E-state index contributed by atoms with van der Waals surface area (Å²) < 4.78 is 6.86. The maximum atomic E-state index is 11.2. The number of carbonyl (C=O) groups excluding carboxylic acids is 1. The summed E-state index contributed by atoms with van der Waals surface area (Å²) in [5, 5.41) is 10.2. The number of nitrogens with two attached hydrogens (primary N) is 1. The van der Waals surface area contributed by atoms with Gasteiger partial charge in [-0.15, -0.1) is 11.3 Å². The van der Waals surface area contributed by atoms with Crippen molar-refractivity contribution in [1.29, 1.82) is 5.26 Å². The van der Waals surface area contributed by atoms with Gasteiger partial charge in [0.25, 0.3) is 0 Å². The van der Waals surface area contributed by atoms with Crippen LogP contribution < -0.4 is 5.73 Å². The quantitative estimate of drug-likeness (QED) is 0.525. The van der Waals surface area contributed by atoms with Crippen LogP contribution in [0.25, 0.3) is 33.2 Å². The molecule has 0 aliphatic carbocycles. The van der Waals surface area contributed by atoms with E-state index < -0.39 is 5.91 Å². The molecule has 1 amide bonds. The molecule has 0 bridgehead atoms. The van der Waals surface area contributed by atoms with Crippen molar-refractivity contribution in [2.24, 2.45) is 5.73 Å². The molecule has 0 aliphatic rings. The van der Waals surface area contributed by atoms with Gasteiger partial charge >= 0.3 is 0 Å². The number of nitriles is 1. The van der Waals surface area contributed by atoms with Crippen LogP contribution >= 0.6 is 11.3 Å². The SMILES string of the molecule is N#C/C(=C\c1ccc(-c2ccc(C(N)=O)cc2)o1)c1nc2ccccc2s1. The third-order valence-electron chi connectivity index (χ3n) is 4.01. The van der Waals surface area contributed by atoms with Crippen molar-refractivity contribution in [3.05, 3.63) is 77.0 Å². The second kappa shape index (κ2) is 6.90. The number of primary amides is 1. The number of para-hydroxylation sites is 1. The smallest absolute Gasteiger partial charge is 0.248 e. The molecule has 2 aromatic heterocycles. The Balaban J connectivity index is 1.65. The number of rotatable bonds is 4. The average Bonchev–Trinajstić information content (AvgIpc) is 3.33. The summed E-state index contributed by atoms with van der Waals surface area (Å²) in [5.41, 5.74) is 7.82. The zero-order chi connectivity index (χ0) is 18.8. The standard InChI is InChI=1S/C21H13N3O2S/c22-12-15(21-24-17-3-1-2-4-19(17)27-21)11-16-9-10-18(26-16)13-5-7-14(8-6-13)20(23)25/h1-11H,(H2,23,25)/b15-11+. The summed E-state index contributed by atoms with van der Waals surface area (Å²) in [6, 6.07) is 20.4. The fourth-order valence-electron chi connectivity index (χ4n) is 2.66. The van der Waals surface area contributed by atoms with Gasteiger partial charge in [-0.25, -0.2) is 4.98 Å². The maximum Gasteiger partial charge on any atom is 0.248 e. The van der Waals surface area contributed by atoms with Crippen molar-refractivity contribution in [1.82, 2.24) is 4.98 Å². The Kier molecular flexibility index (Phi) is 4.29. The molecule has 4 rings (SSSR count). The molecule has 0 saturated carbocycles. The fraction of sp³-hybridized carbons (Fsp3) is 0. The highest BCUT2D eigenvalue weighted by atomic mass is 32.1. The van der Waals surface area contributed by atoms with Crippen LogP contribution in [0.5, 0.6) is 0 Å². The van der Waals surface area contributed by atoms with Crippen LogP contribution in [-0.4, -0.2) is 10.9 Å². The number of carbonyl (C=O) groups is 1. The Hall–Kier alpha value is -3.69. The summed E-state index contributed by atoms with van der Waals surface area (Å²) in [5.74, 6) is 0.720. The molecule has 0 atom stereocenters. The van der Waals surface area contributed by atoms with E-state index in [0.717, 1.165) is 15.8 Å². The summed E-state index contributed by atoms with van der Waals surface area (Å²) in [6.07, 6.45) is 1.68. The number of benzene rings is 2. The minimum atomic E-state index is -0.473. The van der Waals surface area contributed by atoms with Gasteiger partial charge in [0.1, 0.15) is 22.6 Å². The molecule has 4 aromatic rings. The van der Waals surface area contributed by atoms with Crippen LogP contribution in [0.15, 0.2) is 65.1 Å². The topological polar surface area (TPSA) is 92.9 Å². The molecular formula is C21H13N3O2S. The van der Waals surface area contributed by atoms with Gasteiger partial charge in [-0.05, 0) is 36.4 Å². The van der Waals surface area contributed by atoms with Crippen LogP contribution in [-0.2, 0) is 0 Å². The van der Waals surface area contributed by atoms with Crippen LogP contribution in [0, 0.1) is 11.3 Å². The third kappa shape index (κ3) is 3.36. The van der Waals surface area contributed by atoms with Crippen molar-refractivity contribution in [3.63, 3.8) is 0 Å². The Morgan fingerprint density at radius 3 is 2.59 bits per heavy atom. The van der Waals surface area contributed by atoms with E-state index >= 15 is 0 Å². The zero-order valence-corrected chi connectivity index (χ0v) is 14.9. The van der Waals surface area contributed by atoms with E-state index in [-0.39, 0.29) is 0 Å². The second-order valence-electron chi connectivity index (χ2n) is 5.80. The lowest BCUT2D eigenvalue weighted by molar-refractivity contribution is 0.100. The number of nitrogens with zero attached hydrogens (tertiary/aromatic N) is 2. The largest absolute Gasteiger partial charge is 0.457 e. The van der Waals surface area contributed by atoms with Gasteiger partial charge in [-0.1, -0.05) is 24.3 Å². The first-order valence-electron chi connectivity index (χ1n) is 8.12. The van der Waals surface area contributed by atoms with Crippen LogP contribution in [0.1, 0.15) is 21.1 Å². The summed E-state index contributed by atoms with van der Waals surface area (Å²) in [7, 11) is 0. The lowest BCUT2D eigenvalue weighted by atomic mass is 10.1. The Morgan fingerprint density at radius 2 is 1.89 bits per heavy atom. The molecule has 0 saturated heterocycles. The predicted molar refractivity (Wildman–Crippen MR) is 106 cm³/mol. The van der Waals surface area contributed by atoms with Gasteiger partial charge in [-0.2, -0.15) is 5.26 Å². The molecule has 0 fully saturated rings. The van der Waals surface area contributed by atoms with E-state index in [2.05, 4.69) is 11.1 Å². The molecule has 5 nitrogen and oxygen atoms in total. The van der Waals surface area contributed by atoms with Crippen molar-refractivity contribution < 1.29 is 9.21 Å². The molecule has 0 spiro atoms. The second-order valence-corrected chi connectivity index (χ2v) is 6.83. The van der Waals surface area contributed by atoms with Gasteiger partial charge in [0.2, 0.25) is 5.91 Å². The molecule has 27 heavy (non-hydrogen) atoms. The monoisotopic (exact) mass is 371 g/mol. The molecule has 2 heterocycles. The number of fused-ring (bicyclic) bond motifs is 1. The molecule has 0 aliphatic heterocycles. The normalized spacial score (nSPS) is 11.4. The highest BCUT2D eigenvalue weighted by molar-refractivity contribution is 7.19. The van der Waals surface area contributed by atoms with E-state index in [1.54, 1.807) is 36.4 Å². The Morgan fingerprint density at radius 1 is 1.11 bits per heavy atom. The Bertz CT molecular complexity index is 1180. The van der Waals surface area contributed by atoms with Crippen LogP contribution in [0.3, 0.4) is 0 Å². The molecule has 130 valence electrons. The first kappa shape index (κ1) is 16.8. The number of furan rings is 1. The lowest BCUT2D eigenvalue weighted by Crippen LogP contribution is -2.10. The van der Waals surface area contributed by atoms with Crippen LogP contribution in [0.2, 0.25) is 0 Å². The first-order chi connectivity index (χ1) is 13.1. The van der Waals surface area contributed by atoms with E-state index in [1.165, 1.54) is 11.3 Å². The summed E-state index contributed by atoms with van der Waals surface area (Å²) >= 11 is 1.47. The van der Waals surface area contributed by atoms with Gasteiger partial charge in [0.15, 0.2) is 0 Å². The number of hydrogen-bond donors (Lipinski definition) is 1. The summed E-state index contributed by atoms with van der Waals surface area (Å²) in [6.45, 7) is 0. The number of thiazole rings is 1. The molecule has 0 unspecified atom stereocenters. The number of aromatic nitrogens is 1. The zero-order valence-electron chi connectivity index (χ0n) is 14.0. The van der Waals surface area contributed by atoms with Gasteiger partial charge < -0.3 is 10.2 Å². The average molecular weight is 371 g/mol. The van der Waals surface area contributed by atoms with Crippen molar-refractivity contribution in [3.8, 4) is 17.4 Å². The Labute approximate surface area is 159 Å². The van der Waals surface area contributed by atoms with Gasteiger partial charge in [0, 0.05) is 17.2 Å². The summed E-state index contributed by atoms with van der Waals surface area (Å²) in [4.78, 5) is 15.7. The highest BCUT2D eigenvalue weighted by Gasteiger charge is 2.11. The minimum Gasteiger partial charge on any atom is -0.457 e. The van der Waals surface area contributed by atoms with Gasteiger partial charge in [0.05, 0.1) is 15.8 Å².